The van der Waals surface area contributed by atoms with Gasteiger partial charge in [-0.2, -0.15) is 0 Å². The molecule has 0 saturated heterocycles. The van der Waals surface area contributed by atoms with Crippen molar-refractivity contribution in [2.24, 2.45) is 5.92 Å². The highest BCUT2D eigenvalue weighted by Crippen LogP contribution is 2.36. The summed E-state index contributed by atoms with van der Waals surface area (Å²) in [6.07, 6.45) is 3.09. The number of thiophene rings is 1. The number of thioether (sulfide) groups is 1. The second-order valence-corrected chi connectivity index (χ2v) is 10.1. The number of hydrogen-bond donors (Lipinski definition) is 2. The Morgan fingerprint density at radius 2 is 2.03 bits per heavy atom. The summed E-state index contributed by atoms with van der Waals surface area (Å²) >= 11 is 2.90. The van der Waals surface area contributed by atoms with E-state index in [2.05, 4.69) is 34.3 Å². The second-order valence-electron chi connectivity index (χ2n) is 8.01. The summed E-state index contributed by atoms with van der Waals surface area (Å²) in [5.74, 6) is 0.747. The summed E-state index contributed by atoms with van der Waals surface area (Å²) in [4.78, 5) is 34.7. The molecule has 29 heavy (non-hydrogen) atoms. The van der Waals surface area contributed by atoms with Crippen molar-refractivity contribution in [2.75, 3.05) is 11.1 Å². The molecular formula is C22H25N3O2S2. The highest BCUT2D eigenvalue weighted by atomic mass is 32.2. The molecule has 0 bridgehead atoms. The van der Waals surface area contributed by atoms with Gasteiger partial charge < -0.3 is 10.3 Å². The van der Waals surface area contributed by atoms with Crippen LogP contribution in [0.1, 0.15) is 40.5 Å². The highest BCUT2D eigenvalue weighted by Gasteiger charge is 2.23. The summed E-state index contributed by atoms with van der Waals surface area (Å²) < 4.78 is 0. The number of aryl methyl sites for hydroxylation is 4. The van der Waals surface area contributed by atoms with Gasteiger partial charge in [-0.1, -0.05) is 36.4 Å². The van der Waals surface area contributed by atoms with Crippen LogP contribution in [0.2, 0.25) is 0 Å². The molecule has 1 aromatic carbocycles. The first-order valence-corrected chi connectivity index (χ1v) is 11.7. The monoisotopic (exact) mass is 427 g/mol. The SMILES string of the molecule is Cc1cc(C)c(NC(=O)CSc2nc3sc4c(c3c(=O)[nH]2)CC[C@H](C)C4)c(C)c1. The van der Waals surface area contributed by atoms with Gasteiger partial charge in [0.15, 0.2) is 5.16 Å². The van der Waals surface area contributed by atoms with Gasteiger partial charge in [-0.3, -0.25) is 9.59 Å². The minimum Gasteiger partial charge on any atom is -0.325 e. The number of anilines is 1. The van der Waals surface area contributed by atoms with Gasteiger partial charge in [-0.15, -0.1) is 11.3 Å². The van der Waals surface area contributed by atoms with Crippen LogP contribution in [0, 0.1) is 26.7 Å². The zero-order valence-electron chi connectivity index (χ0n) is 17.1. The van der Waals surface area contributed by atoms with Crippen molar-refractivity contribution in [1.29, 1.82) is 0 Å². The van der Waals surface area contributed by atoms with Crippen LogP contribution in [0.5, 0.6) is 0 Å². The molecule has 2 N–H and O–H groups in total. The minimum atomic E-state index is -0.105. The highest BCUT2D eigenvalue weighted by molar-refractivity contribution is 7.99. The number of aromatic nitrogens is 2. The fraction of sp³-hybridized carbons (Fsp3) is 0.409. The summed E-state index contributed by atoms with van der Waals surface area (Å²) in [7, 11) is 0. The van der Waals surface area contributed by atoms with Gasteiger partial charge >= 0.3 is 0 Å². The van der Waals surface area contributed by atoms with Crippen molar-refractivity contribution in [3.05, 3.63) is 49.6 Å². The zero-order valence-corrected chi connectivity index (χ0v) is 18.8. The van der Waals surface area contributed by atoms with E-state index in [0.29, 0.717) is 11.1 Å². The molecule has 7 heteroatoms. The third kappa shape index (κ3) is 4.12. The molecular weight excluding hydrogens is 402 g/mol. The first-order valence-electron chi connectivity index (χ1n) is 9.87. The second kappa shape index (κ2) is 7.95. The molecule has 5 nitrogen and oxygen atoms in total. The van der Waals surface area contributed by atoms with E-state index in [4.69, 9.17) is 0 Å². The van der Waals surface area contributed by atoms with Crippen LogP contribution in [-0.2, 0) is 17.6 Å². The molecule has 0 aliphatic heterocycles. The van der Waals surface area contributed by atoms with E-state index >= 15 is 0 Å². The first-order chi connectivity index (χ1) is 13.8. The molecule has 0 unspecified atom stereocenters. The molecule has 2 heterocycles. The van der Waals surface area contributed by atoms with Gasteiger partial charge in [0.25, 0.3) is 5.56 Å². The van der Waals surface area contributed by atoms with E-state index in [1.165, 1.54) is 27.8 Å². The Bertz CT molecular complexity index is 1140. The molecule has 2 aromatic heterocycles. The summed E-state index contributed by atoms with van der Waals surface area (Å²) in [6.45, 7) is 8.29. The van der Waals surface area contributed by atoms with E-state index in [1.807, 2.05) is 20.8 Å². The van der Waals surface area contributed by atoms with E-state index in [-0.39, 0.29) is 17.2 Å². The number of amides is 1. The number of nitrogens with zero attached hydrogens (tertiary/aromatic N) is 1. The lowest BCUT2D eigenvalue weighted by atomic mass is 9.89. The minimum absolute atomic E-state index is 0.0878. The van der Waals surface area contributed by atoms with E-state index in [9.17, 15) is 9.59 Å². The maximum Gasteiger partial charge on any atom is 0.260 e. The van der Waals surface area contributed by atoms with Crippen molar-refractivity contribution in [3.63, 3.8) is 0 Å². The topological polar surface area (TPSA) is 74.8 Å². The Hall–Kier alpha value is -2.12. The number of carbonyl (C=O) groups excluding carboxylic acids is 1. The molecule has 0 fully saturated rings. The number of nitrogens with one attached hydrogen (secondary N) is 2. The quantitative estimate of drug-likeness (QED) is 0.465. The van der Waals surface area contributed by atoms with E-state index in [0.717, 1.165) is 46.3 Å². The summed E-state index contributed by atoms with van der Waals surface area (Å²) in [5.41, 5.74) is 5.22. The van der Waals surface area contributed by atoms with E-state index < -0.39 is 0 Å². The molecule has 0 spiro atoms. The lowest BCUT2D eigenvalue weighted by Crippen LogP contribution is -2.17. The predicted molar refractivity (Wildman–Crippen MR) is 121 cm³/mol. The summed E-state index contributed by atoms with van der Waals surface area (Å²) in [5, 5.41) is 4.24. The third-order valence-electron chi connectivity index (χ3n) is 5.43. The number of fused-ring (bicyclic) bond motifs is 3. The maximum absolute atomic E-state index is 12.7. The van der Waals surface area contributed by atoms with Crippen LogP contribution >= 0.6 is 23.1 Å². The molecule has 0 radical (unpaired) electrons. The van der Waals surface area contributed by atoms with Crippen molar-refractivity contribution < 1.29 is 4.79 Å². The van der Waals surface area contributed by atoms with Crippen molar-refractivity contribution >= 4 is 44.9 Å². The number of H-pyrrole nitrogens is 1. The largest absolute Gasteiger partial charge is 0.325 e. The number of benzene rings is 1. The Morgan fingerprint density at radius 3 is 2.76 bits per heavy atom. The molecule has 4 rings (SSSR count). The Kier molecular flexibility index (Phi) is 5.53. The third-order valence-corrected chi connectivity index (χ3v) is 7.45. The van der Waals surface area contributed by atoms with Gasteiger partial charge in [0, 0.05) is 10.6 Å². The number of hydrogen-bond acceptors (Lipinski definition) is 5. The number of aromatic amines is 1. The fourth-order valence-corrected chi connectivity index (χ4v) is 6.19. The first kappa shape index (κ1) is 20.2. The lowest BCUT2D eigenvalue weighted by molar-refractivity contribution is -0.113. The zero-order chi connectivity index (χ0) is 20.7. The van der Waals surface area contributed by atoms with Crippen molar-refractivity contribution in [1.82, 2.24) is 9.97 Å². The van der Waals surface area contributed by atoms with Crippen LogP contribution < -0.4 is 10.9 Å². The standard InChI is InChI=1S/C22H25N3O2S2/c1-11-5-6-15-16(9-11)29-21-18(15)20(27)24-22(25-21)28-10-17(26)23-19-13(3)7-12(2)8-14(19)4/h7-8,11H,5-6,9-10H2,1-4H3,(H,23,26)(H,24,25,27)/t11-/m0/s1. The Balaban J connectivity index is 1.50. The van der Waals surface area contributed by atoms with Gasteiger partial charge in [-0.05, 0) is 62.6 Å². The molecule has 0 saturated carbocycles. The molecule has 152 valence electrons. The lowest BCUT2D eigenvalue weighted by Gasteiger charge is -2.17. The molecule has 1 aliphatic rings. The van der Waals surface area contributed by atoms with Crippen molar-refractivity contribution in [2.45, 2.75) is 52.1 Å². The van der Waals surface area contributed by atoms with Crippen molar-refractivity contribution in [3.8, 4) is 0 Å². The average molecular weight is 428 g/mol. The predicted octanol–water partition coefficient (Wildman–Crippen LogP) is 4.77. The van der Waals surface area contributed by atoms with Gasteiger partial charge in [0.1, 0.15) is 4.83 Å². The Morgan fingerprint density at radius 1 is 1.31 bits per heavy atom. The van der Waals surface area contributed by atoms with E-state index in [1.54, 1.807) is 11.3 Å². The average Bonchev–Trinajstić information content (AvgIpc) is 3.00. The number of carbonyl (C=O) groups is 1. The summed E-state index contributed by atoms with van der Waals surface area (Å²) in [6, 6.07) is 4.12. The molecule has 3 aromatic rings. The van der Waals surface area contributed by atoms with Crippen LogP contribution in [0.25, 0.3) is 10.2 Å². The molecule has 1 aliphatic carbocycles. The van der Waals surface area contributed by atoms with Crippen LogP contribution in [0.3, 0.4) is 0 Å². The molecule has 1 amide bonds. The fourth-order valence-electron chi connectivity index (χ4n) is 4.08. The van der Waals surface area contributed by atoms with Gasteiger partial charge in [0.2, 0.25) is 5.91 Å². The van der Waals surface area contributed by atoms with Crippen LogP contribution in [0.15, 0.2) is 22.1 Å². The smallest absolute Gasteiger partial charge is 0.260 e. The number of rotatable bonds is 4. The molecule has 1 atom stereocenters. The van der Waals surface area contributed by atoms with Crippen LogP contribution in [-0.4, -0.2) is 21.6 Å². The van der Waals surface area contributed by atoms with Gasteiger partial charge in [-0.25, -0.2) is 4.98 Å². The van der Waals surface area contributed by atoms with Crippen LogP contribution in [0.4, 0.5) is 5.69 Å². The maximum atomic E-state index is 12.7. The van der Waals surface area contributed by atoms with Gasteiger partial charge in [0.05, 0.1) is 11.1 Å². The Labute approximate surface area is 178 Å². The normalized spacial score (nSPS) is 16.1.